The Morgan fingerprint density at radius 2 is 1.44 bits per heavy atom. The molecule has 0 aliphatic carbocycles. The van der Waals surface area contributed by atoms with Gasteiger partial charge in [-0.15, -0.1) is 0 Å². The zero-order valence-corrected chi connectivity index (χ0v) is 14.2. The van der Waals surface area contributed by atoms with Gasteiger partial charge in [-0.1, -0.05) is 60.7 Å². The molecule has 1 atom stereocenters. The molecule has 1 aromatic heterocycles. The van der Waals surface area contributed by atoms with Crippen LogP contribution < -0.4 is 4.90 Å². The molecule has 1 N–H and O–H groups in total. The Hall–Kier alpha value is -3.80. The molecule has 1 aliphatic rings. The van der Waals surface area contributed by atoms with E-state index in [2.05, 4.69) is 9.97 Å². The number of carbonyl (C=O) groups is 2. The van der Waals surface area contributed by atoms with E-state index in [1.807, 2.05) is 24.3 Å². The van der Waals surface area contributed by atoms with Crippen LogP contribution in [-0.2, 0) is 9.59 Å². The van der Waals surface area contributed by atoms with Crippen molar-refractivity contribution in [1.82, 2.24) is 9.97 Å². The number of rotatable bonds is 3. The molecule has 1 aliphatic heterocycles. The number of aliphatic hydroxyl groups excluding tert-OH is 1. The summed E-state index contributed by atoms with van der Waals surface area (Å²) in [6.45, 7) is 0. The predicted molar refractivity (Wildman–Crippen MR) is 99.7 cm³/mol. The molecule has 6 heteroatoms. The van der Waals surface area contributed by atoms with Gasteiger partial charge in [-0.2, -0.15) is 0 Å². The van der Waals surface area contributed by atoms with Crippen molar-refractivity contribution in [1.29, 1.82) is 0 Å². The lowest BCUT2D eigenvalue weighted by Gasteiger charge is -2.23. The summed E-state index contributed by atoms with van der Waals surface area (Å²) >= 11 is 0. The molecule has 4 rings (SSSR count). The van der Waals surface area contributed by atoms with Gasteiger partial charge in [0.1, 0.15) is 5.76 Å². The molecule has 3 aromatic rings. The van der Waals surface area contributed by atoms with Crippen LogP contribution in [0.2, 0.25) is 0 Å². The molecule has 2 heterocycles. The molecular weight excluding hydrogens is 342 g/mol. The largest absolute Gasteiger partial charge is 0.507 e. The Morgan fingerprint density at radius 1 is 0.852 bits per heavy atom. The van der Waals surface area contributed by atoms with Crippen molar-refractivity contribution in [3.63, 3.8) is 0 Å². The lowest BCUT2D eigenvalue weighted by atomic mass is 9.95. The van der Waals surface area contributed by atoms with Crippen molar-refractivity contribution < 1.29 is 14.7 Å². The molecule has 1 unspecified atom stereocenters. The quantitative estimate of drug-likeness (QED) is 0.442. The van der Waals surface area contributed by atoms with Gasteiger partial charge >= 0.3 is 5.91 Å². The summed E-state index contributed by atoms with van der Waals surface area (Å²) < 4.78 is 0. The number of ketones is 1. The highest BCUT2D eigenvalue weighted by molar-refractivity contribution is 6.51. The molecule has 2 aromatic carbocycles. The van der Waals surface area contributed by atoms with Crippen molar-refractivity contribution in [2.75, 3.05) is 4.90 Å². The van der Waals surface area contributed by atoms with E-state index >= 15 is 0 Å². The summed E-state index contributed by atoms with van der Waals surface area (Å²) in [4.78, 5) is 35.1. The number of amides is 1. The van der Waals surface area contributed by atoms with E-state index in [4.69, 9.17) is 0 Å². The van der Waals surface area contributed by atoms with E-state index in [1.54, 1.807) is 42.5 Å². The molecule has 1 fully saturated rings. The summed E-state index contributed by atoms with van der Waals surface area (Å²) in [5.74, 6) is -1.65. The Morgan fingerprint density at radius 3 is 2.07 bits per heavy atom. The first-order valence-corrected chi connectivity index (χ1v) is 8.37. The fraction of sp³-hybridized carbons (Fsp3) is 0.0476. The molecule has 1 saturated heterocycles. The Balaban J connectivity index is 1.95. The van der Waals surface area contributed by atoms with Crippen LogP contribution in [0.5, 0.6) is 0 Å². The first-order valence-electron chi connectivity index (χ1n) is 8.37. The second-order valence-corrected chi connectivity index (χ2v) is 5.99. The molecule has 27 heavy (non-hydrogen) atoms. The zero-order chi connectivity index (χ0) is 18.8. The minimum absolute atomic E-state index is 0.0184. The van der Waals surface area contributed by atoms with E-state index in [9.17, 15) is 14.7 Å². The third-order valence-electron chi connectivity index (χ3n) is 4.37. The zero-order valence-electron chi connectivity index (χ0n) is 14.2. The van der Waals surface area contributed by atoms with Gasteiger partial charge in [-0.25, -0.2) is 9.97 Å². The molecule has 132 valence electrons. The van der Waals surface area contributed by atoms with Crippen LogP contribution >= 0.6 is 0 Å². The minimum Gasteiger partial charge on any atom is -0.507 e. The molecule has 0 saturated carbocycles. The maximum Gasteiger partial charge on any atom is 0.302 e. The van der Waals surface area contributed by atoms with E-state index in [1.165, 1.54) is 17.3 Å². The van der Waals surface area contributed by atoms with Crippen LogP contribution in [-0.4, -0.2) is 26.8 Å². The number of anilines is 1. The number of hydrogen-bond acceptors (Lipinski definition) is 5. The van der Waals surface area contributed by atoms with Crippen molar-refractivity contribution >= 4 is 23.4 Å². The standard InChI is InChI=1S/C21H15N3O3/c25-18(15-10-5-2-6-11-15)16-17(14-8-3-1-4-9-14)24(20(27)19(16)26)21-22-12-7-13-23-21/h1-13,17,25H/b18-16+. The lowest BCUT2D eigenvalue weighted by molar-refractivity contribution is -0.132. The SMILES string of the molecule is O=C1C(=O)N(c2ncccn2)C(c2ccccc2)/C1=C(\O)c1ccccc1. The average molecular weight is 357 g/mol. The molecular formula is C21H15N3O3. The van der Waals surface area contributed by atoms with Crippen LogP contribution in [0.3, 0.4) is 0 Å². The van der Waals surface area contributed by atoms with E-state index in [0.717, 1.165) is 0 Å². The van der Waals surface area contributed by atoms with E-state index in [0.29, 0.717) is 11.1 Å². The summed E-state index contributed by atoms with van der Waals surface area (Å²) in [5, 5.41) is 10.8. The smallest absolute Gasteiger partial charge is 0.302 e. The maximum atomic E-state index is 12.8. The number of nitrogens with zero attached hydrogens (tertiary/aromatic N) is 3. The van der Waals surface area contributed by atoms with Crippen LogP contribution in [0.25, 0.3) is 5.76 Å². The van der Waals surface area contributed by atoms with E-state index < -0.39 is 17.7 Å². The van der Waals surface area contributed by atoms with Gasteiger partial charge in [-0.3, -0.25) is 14.5 Å². The normalized spacial score (nSPS) is 18.7. The van der Waals surface area contributed by atoms with Crippen molar-refractivity contribution in [2.24, 2.45) is 0 Å². The number of aliphatic hydroxyl groups is 1. The highest BCUT2D eigenvalue weighted by Crippen LogP contribution is 2.40. The fourth-order valence-corrected chi connectivity index (χ4v) is 3.16. The molecule has 0 spiro atoms. The number of aromatic nitrogens is 2. The predicted octanol–water partition coefficient (Wildman–Crippen LogP) is 3.10. The monoisotopic (exact) mass is 357 g/mol. The maximum absolute atomic E-state index is 12.8. The van der Waals surface area contributed by atoms with Crippen LogP contribution in [0.1, 0.15) is 17.2 Å². The summed E-state index contributed by atoms with van der Waals surface area (Å²) in [5.41, 5.74) is 1.16. The number of benzene rings is 2. The molecule has 0 bridgehead atoms. The van der Waals surface area contributed by atoms with Gasteiger partial charge < -0.3 is 5.11 Å². The van der Waals surface area contributed by atoms with Crippen LogP contribution in [0.15, 0.2) is 84.7 Å². The minimum atomic E-state index is -0.811. The fourth-order valence-electron chi connectivity index (χ4n) is 3.16. The first kappa shape index (κ1) is 16.7. The third-order valence-corrected chi connectivity index (χ3v) is 4.37. The van der Waals surface area contributed by atoms with E-state index in [-0.39, 0.29) is 17.3 Å². The summed E-state index contributed by atoms with van der Waals surface area (Å²) in [6.07, 6.45) is 3.00. The number of Topliss-reactive ketones (excluding diaryl/α,β-unsaturated/α-hetero) is 1. The highest BCUT2D eigenvalue weighted by Gasteiger charge is 2.48. The van der Waals surface area contributed by atoms with Crippen LogP contribution in [0, 0.1) is 0 Å². The second-order valence-electron chi connectivity index (χ2n) is 5.99. The number of carbonyl (C=O) groups excluding carboxylic acids is 2. The van der Waals surface area contributed by atoms with Crippen molar-refractivity contribution in [2.45, 2.75) is 6.04 Å². The Kier molecular flexibility index (Phi) is 4.22. The van der Waals surface area contributed by atoms with Gasteiger partial charge in [0.2, 0.25) is 5.95 Å². The molecule has 6 nitrogen and oxygen atoms in total. The third kappa shape index (κ3) is 2.87. The summed E-state index contributed by atoms with van der Waals surface area (Å²) in [6, 6.07) is 18.5. The molecule has 1 amide bonds. The van der Waals surface area contributed by atoms with Crippen molar-refractivity contribution in [3.8, 4) is 0 Å². The van der Waals surface area contributed by atoms with Crippen LogP contribution in [0.4, 0.5) is 5.95 Å². The van der Waals surface area contributed by atoms with Gasteiger partial charge in [0.25, 0.3) is 5.78 Å². The Bertz CT molecular complexity index is 1020. The van der Waals surface area contributed by atoms with Gasteiger partial charge in [0.15, 0.2) is 0 Å². The van der Waals surface area contributed by atoms with Gasteiger partial charge in [0.05, 0.1) is 11.6 Å². The Labute approximate surface area is 155 Å². The number of hydrogen-bond donors (Lipinski definition) is 1. The molecule has 0 radical (unpaired) electrons. The second kappa shape index (κ2) is 6.84. The highest BCUT2D eigenvalue weighted by atomic mass is 16.3. The topological polar surface area (TPSA) is 83.4 Å². The van der Waals surface area contributed by atoms with Crippen molar-refractivity contribution in [3.05, 3.63) is 95.8 Å². The first-order chi connectivity index (χ1) is 13.2. The van der Waals surface area contributed by atoms with Gasteiger partial charge in [0, 0.05) is 18.0 Å². The lowest BCUT2D eigenvalue weighted by Crippen LogP contribution is -2.31. The summed E-state index contributed by atoms with van der Waals surface area (Å²) in [7, 11) is 0. The average Bonchev–Trinajstić information content (AvgIpc) is 3.00. The van der Waals surface area contributed by atoms with Gasteiger partial charge in [-0.05, 0) is 11.6 Å².